The van der Waals surface area contributed by atoms with Crippen LogP contribution < -0.4 is 16.2 Å². The maximum absolute atomic E-state index is 11.8. The van der Waals surface area contributed by atoms with Crippen LogP contribution in [0.1, 0.15) is 23.2 Å². The molecule has 0 bridgehead atoms. The largest absolute Gasteiger partial charge is 0.356 e. The van der Waals surface area contributed by atoms with Crippen molar-refractivity contribution in [3.8, 4) is 12.8 Å². The summed E-state index contributed by atoms with van der Waals surface area (Å²) in [5, 5.41) is 10.1. The van der Waals surface area contributed by atoms with E-state index in [1.807, 2.05) is 25.5 Å². The summed E-state index contributed by atoms with van der Waals surface area (Å²) in [5.74, 6) is 0.552. The monoisotopic (exact) mass is 396 g/mol. The van der Waals surface area contributed by atoms with E-state index in [4.69, 9.17) is 0 Å². The van der Waals surface area contributed by atoms with E-state index in [1.165, 1.54) is 11.1 Å². The summed E-state index contributed by atoms with van der Waals surface area (Å²) in [7, 11) is 3.75. The van der Waals surface area contributed by atoms with E-state index in [1.54, 1.807) is 17.4 Å². The van der Waals surface area contributed by atoms with Crippen LogP contribution in [0.3, 0.4) is 0 Å². The van der Waals surface area contributed by atoms with Gasteiger partial charge in [-0.3, -0.25) is 9.78 Å². The molecule has 0 saturated heterocycles. The minimum atomic E-state index is -0.115. The smallest absolute Gasteiger partial charge is 0.252 e. The fourth-order valence-corrected chi connectivity index (χ4v) is 3.10. The molecule has 0 saturated carbocycles. The van der Waals surface area contributed by atoms with Crippen LogP contribution in [0.4, 0.5) is 5.95 Å². The van der Waals surface area contributed by atoms with Gasteiger partial charge in [-0.15, -0.1) is 12.8 Å². The summed E-state index contributed by atoms with van der Waals surface area (Å²) in [5.41, 5.74) is 3.18. The fraction of sp³-hybridized carbons (Fsp3) is 0.273. The van der Waals surface area contributed by atoms with Crippen LogP contribution in [-0.2, 0) is 12.8 Å². The third kappa shape index (κ3) is 9.17. The number of hydrogen-bond donors (Lipinski definition) is 3. The Hall–Kier alpha value is -2.88. The van der Waals surface area contributed by atoms with Crippen molar-refractivity contribution < 1.29 is 0 Å². The molecule has 0 unspecified atom stereocenters. The third-order valence-electron chi connectivity index (χ3n) is 3.54. The standard InChI is InChI=1S/C18H19N3OS.C2H7N.C2H2/c22-17-12-16(11-15-8-10-23-13-15)20-18(21-17)19-9-4-7-14-5-2-1-3-6-14;1-3-2;1-2/h1-3,5-6,8,10,12-13H,4,7,9,11H2,(H2,19,20,21,22);3H,1-2H3;1-2H. The van der Waals surface area contributed by atoms with Crippen molar-refractivity contribution >= 4 is 17.3 Å². The molecule has 2 aromatic heterocycles. The van der Waals surface area contributed by atoms with Gasteiger partial charge in [0.05, 0.1) is 5.69 Å². The summed E-state index contributed by atoms with van der Waals surface area (Å²) >= 11 is 1.65. The summed E-state index contributed by atoms with van der Waals surface area (Å²) in [4.78, 5) is 19.0. The number of thiophene rings is 1. The number of nitrogens with zero attached hydrogens (tertiary/aromatic N) is 1. The quantitative estimate of drug-likeness (QED) is 0.422. The predicted molar refractivity (Wildman–Crippen MR) is 120 cm³/mol. The van der Waals surface area contributed by atoms with Crippen molar-refractivity contribution in [3.05, 3.63) is 80.4 Å². The van der Waals surface area contributed by atoms with Crippen LogP contribution in [0.25, 0.3) is 0 Å². The Kier molecular flexibility index (Phi) is 11.8. The van der Waals surface area contributed by atoms with Gasteiger partial charge in [0, 0.05) is 19.0 Å². The van der Waals surface area contributed by atoms with Crippen LogP contribution in [0, 0.1) is 12.8 Å². The van der Waals surface area contributed by atoms with Gasteiger partial charge in [-0.05, 0) is 54.9 Å². The van der Waals surface area contributed by atoms with Crippen molar-refractivity contribution in [1.29, 1.82) is 0 Å². The van der Waals surface area contributed by atoms with Crippen LogP contribution in [0.15, 0.2) is 58.0 Å². The van der Waals surface area contributed by atoms with E-state index in [0.717, 1.165) is 25.1 Å². The van der Waals surface area contributed by atoms with Crippen molar-refractivity contribution in [2.45, 2.75) is 19.3 Å². The molecule has 2 heterocycles. The highest BCUT2D eigenvalue weighted by Crippen LogP contribution is 2.11. The number of anilines is 1. The Morgan fingerprint density at radius 3 is 2.46 bits per heavy atom. The number of rotatable bonds is 7. The molecule has 0 spiro atoms. The molecule has 1 aromatic carbocycles. The lowest BCUT2D eigenvalue weighted by atomic mass is 10.1. The molecule has 0 atom stereocenters. The Balaban J connectivity index is 0.000000717. The first-order valence-corrected chi connectivity index (χ1v) is 9.96. The molecule has 0 aliphatic heterocycles. The van der Waals surface area contributed by atoms with E-state index in [-0.39, 0.29) is 5.56 Å². The molecule has 148 valence electrons. The normalized spacial score (nSPS) is 9.43. The maximum Gasteiger partial charge on any atom is 0.252 e. The van der Waals surface area contributed by atoms with Gasteiger partial charge in [0.1, 0.15) is 0 Å². The number of aryl methyl sites for hydroxylation is 1. The molecular weight excluding hydrogens is 368 g/mol. The molecular formula is C22H28N4OS. The average Bonchev–Trinajstić information content (AvgIpc) is 3.21. The fourth-order valence-electron chi connectivity index (χ4n) is 2.43. The number of nitrogens with one attached hydrogen (secondary N) is 3. The minimum absolute atomic E-state index is 0.115. The van der Waals surface area contributed by atoms with Gasteiger partial charge >= 0.3 is 0 Å². The first-order chi connectivity index (χ1) is 13.7. The van der Waals surface area contributed by atoms with Gasteiger partial charge in [0.15, 0.2) is 0 Å². The van der Waals surface area contributed by atoms with Crippen LogP contribution in [0.2, 0.25) is 0 Å². The molecule has 0 aliphatic rings. The Bertz CT molecular complexity index is 842. The zero-order valence-electron chi connectivity index (χ0n) is 16.4. The van der Waals surface area contributed by atoms with E-state index < -0.39 is 0 Å². The van der Waals surface area contributed by atoms with Crippen LogP contribution in [-0.4, -0.2) is 30.6 Å². The van der Waals surface area contributed by atoms with E-state index >= 15 is 0 Å². The Morgan fingerprint density at radius 2 is 1.82 bits per heavy atom. The Labute approximate surface area is 171 Å². The lowest BCUT2D eigenvalue weighted by molar-refractivity contribution is 0.847. The zero-order chi connectivity index (χ0) is 20.6. The first-order valence-electron chi connectivity index (χ1n) is 9.02. The minimum Gasteiger partial charge on any atom is -0.356 e. The topological polar surface area (TPSA) is 69.8 Å². The lowest BCUT2D eigenvalue weighted by Gasteiger charge is -2.07. The maximum atomic E-state index is 11.8. The van der Waals surface area contributed by atoms with Crippen LogP contribution >= 0.6 is 11.3 Å². The van der Waals surface area contributed by atoms with Crippen LogP contribution in [0.5, 0.6) is 0 Å². The second-order valence-electron chi connectivity index (χ2n) is 5.91. The number of hydrogen-bond acceptors (Lipinski definition) is 5. The highest BCUT2D eigenvalue weighted by Gasteiger charge is 2.03. The second kappa shape index (κ2) is 14.2. The number of aromatic nitrogens is 2. The zero-order valence-corrected chi connectivity index (χ0v) is 17.3. The molecule has 0 fully saturated rings. The number of H-pyrrole nitrogens is 1. The van der Waals surface area contributed by atoms with Crippen molar-refractivity contribution in [2.24, 2.45) is 0 Å². The van der Waals surface area contributed by atoms with Gasteiger partial charge in [-0.1, -0.05) is 30.3 Å². The van der Waals surface area contributed by atoms with Gasteiger partial charge in [-0.2, -0.15) is 11.3 Å². The molecule has 5 nitrogen and oxygen atoms in total. The summed E-state index contributed by atoms with van der Waals surface area (Å²) in [6.07, 6.45) is 10.7. The molecule has 0 aliphatic carbocycles. The highest BCUT2D eigenvalue weighted by atomic mass is 32.1. The molecule has 3 aromatic rings. The van der Waals surface area contributed by atoms with E-state index in [0.29, 0.717) is 12.4 Å². The number of benzene rings is 1. The molecule has 3 rings (SSSR count). The van der Waals surface area contributed by atoms with Crippen molar-refractivity contribution in [1.82, 2.24) is 15.3 Å². The van der Waals surface area contributed by atoms with Gasteiger partial charge in [0.2, 0.25) is 5.95 Å². The molecule has 28 heavy (non-hydrogen) atoms. The summed E-state index contributed by atoms with van der Waals surface area (Å²) < 4.78 is 0. The highest BCUT2D eigenvalue weighted by molar-refractivity contribution is 7.07. The predicted octanol–water partition coefficient (Wildman–Crippen LogP) is 3.55. The SMILES string of the molecule is C#C.CNC.O=c1cc(Cc2ccsc2)nc(NCCCc2ccccc2)[nH]1. The average molecular weight is 397 g/mol. The third-order valence-corrected chi connectivity index (χ3v) is 4.27. The molecule has 0 radical (unpaired) electrons. The van der Waals surface area contributed by atoms with Crippen molar-refractivity contribution in [3.63, 3.8) is 0 Å². The van der Waals surface area contributed by atoms with Gasteiger partial charge in [-0.25, -0.2) is 4.98 Å². The molecule has 3 N–H and O–H groups in total. The number of terminal acetylenes is 1. The van der Waals surface area contributed by atoms with Gasteiger partial charge in [0.25, 0.3) is 5.56 Å². The van der Waals surface area contributed by atoms with Crippen molar-refractivity contribution in [2.75, 3.05) is 26.0 Å². The Morgan fingerprint density at radius 1 is 1.11 bits per heavy atom. The number of aromatic amines is 1. The lowest BCUT2D eigenvalue weighted by Crippen LogP contribution is -2.15. The van der Waals surface area contributed by atoms with E-state index in [2.05, 4.69) is 69.2 Å². The molecule has 6 heteroatoms. The summed E-state index contributed by atoms with van der Waals surface area (Å²) in [6, 6.07) is 14.0. The summed E-state index contributed by atoms with van der Waals surface area (Å²) in [6.45, 7) is 0.778. The first kappa shape index (κ1) is 23.2. The molecule has 0 amide bonds. The second-order valence-corrected chi connectivity index (χ2v) is 6.69. The van der Waals surface area contributed by atoms with Gasteiger partial charge < -0.3 is 10.6 Å². The van der Waals surface area contributed by atoms with E-state index in [9.17, 15) is 4.79 Å².